The first-order chi connectivity index (χ1) is 18.7. The maximum absolute atomic E-state index is 14.7. The highest BCUT2D eigenvalue weighted by atomic mass is 32.2. The number of hydrogen-bond acceptors (Lipinski definition) is 6. The molecule has 2 N–H and O–H groups in total. The van der Waals surface area contributed by atoms with Crippen molar-refractivity contribution in [2.45, 2.75) is 76.2 Å². The molecule has 3 heterocycles. The molecular formula is C28H42FN3O6S. The fourth-order valence-electron chi connectivity index (χ4n) is 6.09. The third-order valence-electron chi connectivity index (χ3n) is 8.61. The van der Waals surface area contributed by atoms with Crippen LogP contribution in [0.5, 0.6) is 5.75 Å². The summed E-state index contributed by atoms with van der Waals surface area (Å²) in [6, 6.07) is 4.73. The molecule has 0 unspecified atom stereocenters. The van der Waals surface area contributed by atoms with Crippen molar-refractivity contribution >= 4 is 21.9 Å². The van der Waals surface area contributed by atoms with E-state index in [1.54, 1.807) is 17.0 Å². The number of piperidine rings is 2. The van der Waals surface area contributed by atoms with Gasteiger partial charge in [-0.25, -0.2) is 4.39 Å². The minimum Gasteiger partial charge on any atom is -0.493 e. The fraction of sp³-hybridized carbons (Fsp3) is 0.714. The van der Waals surface area contributed by atoms with Crippen LogP contribution in [0.3, 0.4) is 0 Å². The maximum atomic E-state index is 14.7. The Morgan fingerprint density at radius 3 is 2.41 bits per heavy atom. The highest BCUT2D eigenvalue weighted by Crippen LogP contribution is 2.40. The zero-order valence-corrected chi connectivity index (χ0v) is 23.5. The molecule has 0 bridgehead atoms. The second-order valence-corrected chi connectivity index (χ2v) is 12.8. The van der Waals surface area contributed by atoms with Crippen LogP contribution in [0.1, 0.15) is 69.8 Å². The van der Waals surface area contributed by atoms with Crippen molar-refractivity contribution in [1.29, 1.82) is 0 Å². The van der Waals surface area contributed by atoms with Crippen LogP contribution in [0, 0.1) is 11.7 Å². The van der Waals surface area contributed by atoms with E-state index in [1.165, 1.54) is 18.9 Å². The number of carbonyl (C=O) groups is 2. The van der Waals surface area contributed by atoms with Crippen molar-refractivity contribution in [1.82, 2.24) is 15.1 Å². The number of ether oxygens (including phenoxy) is 1. The summed E-state index contributed by atoms with van der Waals surface area (Å²) in [5.74, 6) is 0.327. The summed E-state index contributed by atoms with van der Waals surface area (Å²) in [6.45, 7) is 4.43. The molecule has 3 fully saturated rings. The van der Waals surface area contributed by atoms with Gasteiger partial charge in [-0.05, 0) is 88.4 Å². The van der Waals surface area contributed by atoms with Gasteiger partial charge in [0.25, 0.3) is 10.1 Å². The highest BCUT2D eigenvalue weighted by Gasteiger charge is 2.48. The van der Waals surface area contributed by atoms with Gasteiger partial charge in [0.1, 0.15) is 11.6 Å². The SMILES string of the molecule is O=C(Cc1ccc(OCCCC2CCNCC2)cc1F)N1CCC2(CC1)CCN2C(=O)CCCCS(=O)(=O)O. The van der Waals surface area contributed by atoms with Crippen molar-refractivity contribution in [3.05, 3.63) is 29.6 Å². The van der Waals surface area contributed by atoms with Crippen LogP contribution in [0.25, 0.3) is 0 Å². The molecule has 39 heavy (non-hydrogen) atoms. The van der Waals surface area contributed by atoms with Crippen molar-refractivity contribution in [2.75, 3.05) is 45.1 Å². The van der Waals surface area contributed by atoms with Gasteiger partial charge in [-0.1, -0.05) is 6.07 Å². The summed E-state index contributed by atoms with van der Waals surface area (Å²) < 4.78 is 51.0. The Morgan fingerprint density at radius 2 is 1.77 bits per heavy atom. The van der Waals surface area contributed by atoms with Crippen LogP contribution in [-0.2, 0) is 26.1 Å². The van der Waals surface area contributed by atoms with E-state index in [0.717, 1.165) is 38.3 Å². The Balaban J connectivity index is 1.18. The van der Waals surface area contributed by atoms with Gasteiger partial charge in [-0.3, -0.25) is 14.1 Å². The van der Waals surface area contributed by atoms with Gasteiger partial charge in [0.2, 0.25) is 11.8 Å². The van der Waals surface area contributed by atoms with Gasteiger partial charge >= 0.3 is 0 Å². The molecular weight excluding hydrogens is 525 g/mol. The summed E-state index contributed by atoms with van der Waals surface area (Å²) in [4.78, 5) is 29.2. The average molecular weight is 568 g/mol. The predicted octanol–water partition coefficient (Wildman–Crippen LogP) is 3.18. The Labute approximate surface area is 231 Å². The molecule has 0 aromatic heterocycles. The summed E-state index contributed by atoms with van der Waals surface area (Å²) >= 11 is 0. The largest absolute Gasteiger partial charge is 0.493 e. The van der Waals surface area contributed by atoms with Crippen LogP contribution in [0.15, 0.2) is 18.2 Å². The Kier molecular flexibility index (Phi) is 10.2. The van der Waals surface area contributed by atoms with Gasteiger partial charge in [0.15, 0.2) is 0 Å². The number of carbonyl (C=O) groups excluding carboxylic acids is 2. The van der Waals surface area contributed by atoms with E-state index in [0.29, 0.717) is 56.8 Å². The lowest BCUT2D eigenvalue weighted by atomic mass is 9.76. The minimum atomic E-state index is -4.01. The minimum absolute atomic E-state index is 0.00738. The van der Waals surface area contributed by atoms with Crippen molar-refractivity contribution < 1.29 is 31.7 Å². The zero-order chi connectivity index (χ0) is 27.9. The van der Waals surface area contributed by atoms with Crippen molar-refractivity contribution in [2.24, 2.45) is 5.92 Å². The van der Waals surface area contributed by atoms with E-state index in [-0.39, 0.29) is 42.4 Å². The Bertz CT molecular complexity index is 1100. The molecule has 0 atom stereocenters. The molecule has 3 aliphatic heterocycles. The van der Waals surface area contributed by atoms with E-state index in [4.69, 9.17) is 9.29 Å². The summed E-state index contributed by atoms with van der Waals surface area (Å²) in [5, 5.41) is 3.37. The number of unbranched alkanes of at least 4 members (excludes halogenated alkanes) is 1. The summed E-state index contributed by atoms with van der Waals surface area (Å²) in [6.07, 6.45) is 7.62. The third kappa shape index (κ3) is 8.38. The number of benzene rings is 1. The van der Waals surface area contributed by atoms with Crippen LogP contribution in [0.4, 0.5) is 4.39 Å². The van der Waals surface area contributed by atoms with E-state index in [1.807, 2.05) is 4.90 Å². The lowest BCUT2D eigenvalue weighted by molar-refractivity contribution is -0.154. The van der Waals surface area contributed by atoms with Gasteiger partial charge in [-0.15, -0.1) is 0 Å². The topological polar surface area (TPSA) is 116 Å². The standard InChI is InChI=1S/C28H42FN3O6S/c29-25-21-24(38-18-3-4-22-8-13-30-14-9-22)7-6-23(25)20-27(34)31-15-10-28(11-16-31)12-17-32(28)26(33)5-1-2-19-39(35,36)37/h6-7,21-22,30H,1-5,8-20H2,(H,35,36,37). The normalized spacial score (nSPS) is 19.6. The van der Waals surface area contributed by atoms with E-state index in [2.05, 4.69) is 5.32 Å². The number of nitrogens with zero attached hydrogens (tertiary/aromatic N) is 2. The molecule has 4 rings (SSSR count). The summed E-state index contributed by atoms with van der Waals surface area (Å²) in [5.41, 5.74) is 0.113. The molecule has 3 aliphatic rings. The number of hydrogen-bond donors (Lipinski definition) is 2. The lowest BCUT2D eigenvalue weighted by Crippen LogP contribution is -2.66. The molecule has 9 nitrogen and oxygen atoms in total. The highest BCUT2D eigenvalue weighted by molar-refractivity contribution is 7.85. The Hall–Kier alpha value is -2.24. The molecule has 1 aromatic carbocycles. The maximum Gasteiger partial charge on any atom is 0.264 e. The predicted molar refractivity (Wildman–Crippen MR) is 146 cm³/mol. The molecule has 11 heteroatoms. The van der Waals surface area contributed by atoms with Crippen LogP contribution < -0.4 is 10.1 Å². The smallest absolute Gasteiger partial charge is 0.264 e. The second-order valence-electron chi connectivity index (χ2n) is 11.3. The zero-order valence-electron chi connectivity index (χ0n) is 22.7. The van der Waals surface area contributed by atoms with Gasteiger partial charge < -0.3 is 19.9 Å². The second kappa shape index (κ2) is 13.4. The number of halogens is 1. The quantitative estimate of drug-likeness (QED) is 0.294. The van der Waals surface area contributed by atoms with E-state index in [9.17, 15) is 22.4 Å². The van der Waals surface area contributed by atoms with Gasteiger partial charge in [-0.2, -0.15) is 8.42 Å². The molecule has 2 amide bonds. The lowest BCUT2D eigenvalue weighted by Gasteiger charge is -2.56. The van der Waals surface area contributed by atoms with Gasteiger partial charge in [0, 0.05) is 37.7 Å². The number of likely N-dealkylation sites (tertiary alicyclic amines) is 2. The van der Waals surface area contributed by atoms with Crippen LogP contribution in [0.2, 0.25) is 0 Å². The number of nitrogens with one attached hydrogen (secondary N) is 1. The third-order valence-corrected chi connectivity index (χ3v) is 9.42. The van der Waals surface area contributed by atoms with E-state index >= 15 is 0 Å². The first-order valence-electron chi connectivity index (χ1n) is 14.3. The van der Waals surface area contributed by atoms with Crippen LogP contribution >= 0.6 is 0 Å². The first kappa shape index (κ1) is 29.7. The summed E-state index contributed by atoms with van der Waals surface area (Å²) in [7, 11) is -4.01. The molecule has 0 radical (unpaired) electrons. The van der Waals surface area contributed by atoms with Crippen molar-refractivity contribution in [3.63, 3.8) is 0 Å². The molecule has 218 valence electrons. The fourth-order valence-corrected chi connectivity index (χ4v) is 6.65. The Morgan fingerprint density at radius 1 is 1.05 bits per heavy atom. The molecule has 3 saturated heterocycles. The molecule has 1 aromatic rings. The van der Waals surface area contributed by atoms with Crippen molar-refractivity contribution in [3.8, 4) is 5.75 Å². The first-order valence-corrected chi connectivity index (χ1v) is 15.9. The average Bonchev–Trinajstić information content (AvgIpc) is 2.90. The molecule has 1 spiro atoms. The monoisotopic (exact) mass is 567 g/mol. The van der Waals surface area contributed by atoms with E-state index < -0.39 is 15.9 Å². The molecule has 0 saturated carbocycles. The van der Waals surface area contributed by atoms with Crippen LogP contribution in [-0.4, -0.2) is 85.2 Å². The van der Waals surface area contributed by atoms with Gasteiger partial charge in [0.05, 0.1) is 18.8 Å². The number of rotatable bonds is 12. The molecule has 0 aliphatic carbocycles. The number of amides is 2.